The number of carbonyl (C=O) groups is 2. The van der Waals surface area contributed by atoms with Crippen molar-refractivity contribution in [1.29, 1.82) is 0 Å². The van der Waals surface area contributed by atoms with Crippen LogP contribution in [0, 0.1) is 19.7 Å². The van der Waals surface area contributed by atoms with Crippen LogP contribution >= 0.6 is 0 Å². The Balaban J connectivity index is 2.04. The lowest BCUT2D eigenvalue weighted by Crippen LogP contribution is -2.29. The highest BCUT2D eigenvalue weighted by Gasteiger charge is 2.47. The molecular formula is C28H26FNO6. The standard InChI is InChI=1S/C28H26FNO6/c1-15-6-7-16(2)20(12-15)25(31)23-24(17-13-21(34-3)27(36-5)22(14-17)35-4)30(28(33)26(23)32)19-10-8-18(29)9-11-19/h6-14,24,31H,1-5H3/b25-23+. The molecule has 1 aliphatic rings. The van der Waals surface area contributed by atoms with Crippen molar-refractivity contribution >= 4 is 23.1 Å². The molecule has 1 amide bonds. The van der Waals surface area contributed by atoms with Crippen molar-refractivity contribution in [3.8, 4) is 17.2 Å². The summed E-state index contributed by atoms with van der Waals surface area (Å²) in [6.07, 6.45) is 0. The lowest BCUT2D eigenvalue weighted by molar-refractivity contribution is -0.132. The van der Waals surface area contributed by atoms with Crippen molar-refractivity contribution in [2.75, 3.05) is 26.2 Å². The Bertz CT molecular complexity index is 1350. The maximum atomic E-state index is 13.7. The molecule has 186 valence electrons. The van der Waals surface area contributed by atoms with Gasteiger partial charge in [-0.1, -0.05) is 17.7 Å². The fraction of sp³-hybridized carbons (Fsp3) is 0.214. The molecule has 0 aromatic heterocycles. The Kier molecular flexibility index (Phi) is 6.70. The molecule has 3 aromatic carbocycles. The van der Waals surface area contributed by atoms with Gasteiger partial charge in [0.15, 0.2) is 11.5 Å². The minimum absolute atomic E-state index is 0.104. The highest BCUT2D eigenvalue weighted by molar-refractivity contribution is 6.51. The van der Waals surface area contributed by atoms with Crippen molar-refractivity contribution < 1.29 is 33.3 Å². The molecule has 1 saturated heterocycles. The van der Waals surface area contributed by atoms with E-state index in [1.807, 2.05) is 19.1 Å². The first-order valence-electron chi connectivity index (χ1n) is 11.2. The van der Waals surface area contributed by atoms with Gasteiger partial charge in [-0.05, 0) is 67.4 Å². The first-order chi connectivity index (χ1) is 17.2. The molecule has 7 nitrogen and oxygen atoms in total. The summed E-state index contributed by atoms with van der Waals surface area (Å²) in [6, 6.07) is 12.9. The first-order valence-corrected chi connectivity index (χ1v) is 11.2. The Morgan fingerprint density at radius 2 is 1.50 bits per heavy atom. The quantitative estimate of drug-likeness (QED) is 0.294. The zero-order valence-electron chi connectivity index (χ0n) is 20.6. The van der Waals surface area contributed by atoms with Crippen LogP contribution in [0.1, 0.15) is 28.3 Å². The molecule has 1 unspecified atom stereocenters. The van der Waals surface area contributed by atoms with Gasteiger partial charge in [0.2, 0.25) is 5.75 Å². The van der Waals surface area contributed by atoms with Crippen molar-refractivity contribution in [3.05, 3.63) is 88.2 Å². The van der Waals surface area contributed by atoms with Crippen LogP contribution in [0.2, 0.25) is 0 Å². The number of anilines is 1. The van der Waals surface area contributed by atoms with Crippen LogP contribution in [-0.4, -0.2) is 38.1 Å². The Morgan fingerprint density at radius 3 is 2.06 bits per heavy atom. The maximum Gasteiger partial charge on any atom is 0.300 e. The summed E-state index contributed by atoms with van der Waals surface area (Å²) in [6.45, 7) is 3.67. The van der Waals surface area contributed by atoms with Gasteiger partial charge < -0.3 is 19.3 Å². The number of ether oxygens (including phenoxy) is 3. The average Bonchev–Trinajstić information content (AvgIpc) is 3.14. The van der Waals surface area contributed by atoms with Gasteiger partial charge in [-0.25, -0.2) is 4.39 Å². The number of aryl methyl sites for hydroxylation is 2. The molecule has 1 aliphatic heterocycles. The molecule has 0 aliphatic carbocycles. The van der Waals surface area contributed by atoms with Gasteiger partial charge in [-0.15, -0.1) is 0 Å². The molecule has 3 aromatic rings. The Morgan fingerprint density at radius 1 is 0.889 bits per heavy atom. The van der Waals surface area contributed by atoms with Crippen molar-refractivity contribution in [2.24, 2.45) is 0 Å². The third-order valence-electron chi connectivity index (χ3n) is 6.20. The van der Waals surface area contributed by atoms with Crippen LogP contribution < -0.4 is 19.1 Å². The Labute approximate surface area is 208 Å². The van der Waals surface area contributed by atoms with Gasteiger partial charge in [0, 0.05) is 11.3 Å². The second-order valence-electron chi connectivity index (χ2n) is 8.42. The number of nitrogens with zero attached hydrogens (tertiary/aromatic N) is 1. The highest BCUT2D eigenvalue weighted by atomic mass is 19.1. The van der Waals surface area contributed by atoms with E-state index in [0.29, 0.717) is 28.4 Å². The van der Waals surface area contributed by atoms with Crippen LogP contribution in [0.3, 0.4) is 0 Å². The molecule has 8 heteroatoms. The molecule has 1 heterocycles. The van der Waals surface area contributed by atoms with Gasteiger partial charge in [0.05, 0.1) is 32.9 Å². The van der Waals surface area contributed by atoms with Crippen molar-refractivity contribution in [2.45, 2.75) is 19.9 Å². The predicted octanol–water partition coefficient (Wildman–Crippen LogP) is 5.09. The van der Waals surface area contributed by atoms with E-state index >= 15 is 0 Å². The molecule has 0 spiro atoms. The summed E-state index contributed by atoms with van der Waals surface area (Å²) in [5, 5.41) is 11.4. The van der Waals surface area contributed by atoms with E-state index in [1.165, 1.54) is 50.5 Å². The molecule has 0 saturated carbocycles. The van der Waals surface area contributed by atoms with E-state index in [1.54, 1.807) is 25.1 Å². The minimum Gasteiger partial charge on any atom is -0.507 e. The van der Waals surface area contributed by atoms with E-state index in [0.717, 1.165) is 11.1 Å². The molecule has 0 bridgehead atoms. The number of methoxy groups -OCH3 is 3. The number of carbonyl (C=O) groups excluding carboxylic acids is 2. The summed E-state index contributed by atoms with van der Waals surface area (Å²) in [7, 11) is 4.37. The number of hydrogen-bond acceptors (Lipinski definition) is 6. The molecule has 1 fully saturated rings. The number of halogens is 1. The number of aliphatic hydroxyl groups excluding tert-OH is 1. The van der Waals surface area contributed by atoms with E-state index in [4.69, 9.17) is 14.2 Å². The van der Waals surface area contributed by atoms with E-state index in [-0.39, 0.29) is 17.0 Å². The second kappa shape index (κ2) is 9.73. The molecular weight excluding hydrogens is 465 g/mol. The fourth-order valence-corrected chi connectivity index (χ4v) is 4.41. The van der Waals surface area contributed by atoms with Crippen LogP contribution in [0.25, 0.3) is 5.76 Å². The van der Waals surface area contributed by atoms with Crippen LogP contribution in [-0.2, 0) is 9.59 Å². The van der Waals surface area contributed by atoms with Gasteiger partial charge in [0.25, 0.3) is 11.7 Å². The maximum absolute atomic E-state index is 13.7. The van der Waals surface area contributed by atoms with E-state index < -0.39 is 23.5 Å². The van der Waals surface area contributed by atoms with Crippen LogP contribution in [0.4, 0.5) is 10.1 Å². The molecule has 1 atom stereocenters. The second-order valence-corrected chi connectivity index (χ2v) is 8.42. The number of Topliss-reactive ketones (excluding diaryl/α,β-unsaturated/α-hetero) is 1. The largest absolute Gasteiger partial charge is 0.507 e. The minimum atomic E-state index is -1.05. The third kappa shape index (κ3) is 4.15. The molecule has 0 radical (unpaired) electrons. The van der Waals surface area contributed by atoms with E-state index in [2.05, 4.69) is 0 Å². The van der Waals surface area contributed by atoms with Crippen molar-refractivity contribution in [1.82, 2.24) is 0 Å². The normalized spacial score (nSPS) is 16.8. The number of benzene rings is 3. The molecule has 4 rings (SSSR count). The number of amides is 1. The smallest absolute Gasteiger partial charge is 0.300 e. The summed E-state index contributed by atoms with van der Waals surface area (Å²) >= 11 is 0. The molecule has 36 heavy (non-hydrogen) atoms. The zero-order chi connectivity index (χ0) is 26.1. The Hall–Kier alpha value is -4.33. The summed E-state index contributed by atoms with van der Waals surface area (Å²) < 4.78 is 30.1. The summed E-state index contributed by atoms with van der Waals surface area (Å²) in [5.41, 5.74) is 2.66. The van der Waals surface area contributed by atoms with Gasteiger partial charge >= 0.3 is 0 Å². The third-order valence-corrected chi connectivity index (χ3v) is 6.20. The van der Waals surface area contributed by atoms with Crippen LogP contribution in [0.15, 0.2) is 60.2 Å². The average molecular weight is 492 g/mol. The van der Waals surface area contributed by atoms with Gasteiger partial charge in [0.1, 0.15) is 11.6 Å². The monoisotopic (exact) mass is 491 g/mol. The van der Waals surface area contributed by atoms with Crippen LogP contribution in [0.5, 0.6) is 17.2 Å². The SMILES string of the molecule is COc1cc(C2/C(=C(\O)c3cc(C)ccc3C)C(=O)C(=O)N2c2ccc(F)cc2)cc(OC)c1OC. The predicted molar refractivity (Wildman–Crippen MR) is 133 cm³/mol. The van der Waals surface area contributed by atoms with Gasteiger partial charge in [-0.2, -0.15) is 0 Å². The topological polar surface area (TPSA) is 85.3 Å². The lowest BCUT2D eigenvalue weighted by Gasteiger charge is -2.26. The van der Waals surface area contributed by atoms with E-state index in [9.17, 15) is 19.1 Å². The fourth-order valence-electron chi connectivity index (χ4n) is 4.41. The zero-order valence-corrected chi connectivity index (χ0v) is 20.6. The summed E-state index contributed by atoms with van der Waals surface area (Å²) in [5.74, 6) is -1.57. The molecule has 1 N–H and O–H groups in total. The lowest BCUT2D eigenvalue weighted by atomic mass is 9.92. The summed E-state index contributed by atoms with van der Waals surface area (Å²) in [4.78, 5) is 28.0. The number of rotatable bonds is 6. The highest BCUT2D eigenvalue weighted by Crippen LogP contribution is 2.47. The number of hydrogen-bond donors (Lipinski definition) is 1. The first kappa shape index (κ1) is 24.8. The van der Waals surface area contributed by atoms with Crippen molar-refractivity contribution in [3.63, 3.8) is 0 Å². The number of aliphatic hydroxyl groups is 1. The number of ketones is 1. The van der Waals surface area contributed by atoms with Gasteiger partial charge in [-0.3, -0.25) is 14.5 Å².